The maximum atomic E-state index is 12.7. The van der Waals surface area contributed by atoms with E-state index in [1.165, 1.54) is 18.2 Å². The van der Waals surface area contributed by atoms with Gasteiger partial charge >= 0.3 is 0 Å². The molecule has 6 N–H and O–H groups in total. The van der Waals surface area contributed by atoms with Gasteiger partial charge in [0.25, 0.3) is 5.91 Å². The summed E-state index contributed by atoms with van der Waals surface area (Å²) in [6.45, 7) is 2.30. The molecule has 38 heavy (non-hydrogen) atoms. The molecule has 0 spiro atoms. The molecule has 0 aromatic heterocycles. The van der Waals surface area contributed by atoms with Gasteiger partial charge in [0.1, 0.15) is 5.75 Å². The van der Waals surface area contributed by atoms with Crippen LogP contribution >= 0.6 is 15.9 Å². The molecule has 2 atom stereocenters. The van der Waals surface area contributed by atoms with Crippen LogP contribution in [0.25, 0.3) is 0 Å². The fourth-order valence-electron chi connectivity index (χ4n) is 4.58. The molecule has 0 radical (unpaired) electrons. The summed E-state index contributed by atoms with van der Waals surface area (Å²) in [5, 5.41) is 40.8. The van der Waals surface area contributed by atoms with Crippen LogP contribution in [0.15, 0.2) is 45.9 Å². The number of halogens is 1. The van der Waals surface area contributed by atoms with Crippen LogP contribution in [0.4, 0.5) is 5.69 Å². The Morgan fingerprint density at radius 3 is 2.68 bits per heavy atom. The van der Waals surface area contributed by atoms with E-state index in [1.54, 1.807) is 0 Å². The van der Waals surface area contributed by atoms with E-state index in [-0.39, 0.29) is 36.4 Å². The molecule has 0 bridgehead atoms. The molecule has 1 fully saturated rings. The van der Waals surface area contributed by atoms with Gasteiger partial charge in [0.15, 0.2) is 5.96 Å². The van der Waals surface area contributed by atoms with E-state index >= 15 is 0 Å². The highest BCUT2D eigenvalue weighted by atomic mass is 79.9. The lowest BCUT2D eigenvalue weighted by molar-refractivity contribution is -0.120. The van der Waals surface area contributed by atoms with Crippen LogP contribution < -0.4 is 21.3 Å². The molecule has 1 aliphatic carbocycles. The summed E-state index contributed by atoms with van der Waals surface area (Å²) in [5.41, 5.74) is 1.98. The van der Waals surface area contributed by atoms with E-state index < -0.39 is 17.4 Å². The Kier molecular flexibility index (Phi) is 8.54. The number of nitrogens with one attached hydrogen (secondary N) is 4. The summed E-state index contributed by atoms with van der Waals surface area (Å²) < 4.78 is 0.853. The monoisotopic (exact) mass is 582 g/mol. The second-order valence-electron chi connectivity index (χ2n) is 9.65. The number of amides is 2. The Labute approximate surface area is 229 Å². The van der Waals surface area contributed by atoms with Gasteiger partial charge in [-0.2, -0.15) is 5.26 Å². The second kappa shape index (κ2) is 11.8. The lowest BCUT2D eigenvalue weighted by Crippen LogP contribution is -2.42. The van der Waals surface area contributed by atoms with E-state index in [0.717, 1.165) is 34.9 Å². The molecule has 1 aliphatic heterocycles. The fraction of sp³-hybridized carbons (Fsp3) is 0.407. The number of aliphatic imine (C=N–C) groups is 1. The molecule has 2 aromatic carbocycles. The molecular weight excluding hydrogens is 552 g/mol. The van der Waals surface area contributed by atoms with Crippen molar-refractivity contribution in [2.45, 2.75) is 50.2 Å². The fourth-order valence-corrected chi connectivity index (χ4v) is 5.09. The molecule has 4 rings (SSSR count). The van der Waals surface area contributed by atoms with Gasteiger partial charge in [-0.25, -0.2) is 0 Å². The minimum Gasteiger partial charge on any atom is -0.508 e. The number of anilines is 1. The first kappa shape index (κ1) is 27.4. The topological polar surface area (TPSA) is 159 Å². The van der Waals surface area contributed by atoms with Crippen molar-refractivity contribution < 1.29 is 19.8 Å². The molecular formula is C27H31BrN6O4. The molecule has 2 aromatic rings. The molecule has 2 unspecified atom stereocenters. The standard InChI is InChI=1S/C27H31BrN6O4/c1-2-23(16-6-18(10-19(28)7-16)27(15-29)4-3-5-27)34-24(37)14-30-25(38)17-8-20(11-21(35)9-17)33-26-31-12-22(36)13-32-26/h6-11,22-23,35-36H,2-5,12-14H2,1H3,(H,30,38)(H,34,37)(H2,31,32,33). The van der Waals surface area contributed by atoms with Crippen LogP contribution in [0.3, 0.4) is 0 Å². The molecule has 200 valence electrons. The van der Waals surface area contributed by atoms with Crippen molar-refractivity contribution in [1.82, 2.24) is 16.0 Å². The molecule has 11 heteroatoms. The van der Waals surface area contributed by atoms with Gasteiger partial charge in [-0.15, -0.1) is 0 Å². The van der Waals surface area contributed by atoms with Crippen molar-refractivity contribution in [2.75, 3.05) is 25.0 Å². The van der Waals surface area contributed by atoms with E-state index in [1.807, 2.05) is 25.1 Å². The van der Waals surface area contributed by atoms with E-state index in [0.29, 0.717) is 24.6 Å². The third-order valence-electron chi connectivity index (χ3n) is 6.86. The SMILES string of the molecule is CCC(NC(=O)CNC(=O)c1cc(O)cc(NC2=NCC(O)CN2)c1)c1cc(Br)cc(C2(C#N)CCC2)c1. The van der Waals surface area contributed by atoms with Crippen LogP contribution in [0, 0.1) is 11.3 Å². The second-order valence-corrected chi connectivity index (χ2v) is 10.6. The zero-order valence-electron chi connectivity index (χ0n) is 21.1. The number of hydrogen-bond acceptors (Lipinski definition) is 8. The Morgan fingerprint density at radius 2 is 2.05 bits per heavy atom. The van der Waals surface area contributed by atoms with Gasteiger partial charge in [0.05, 0.1) is 36.7 Å². The van der Waals surface area contributed by atoms with E-state index in [2.05, 4.69) is 48.3 Å². The van der Waals surface area contributed by atoms with Crippen molar-refractivity contribution in [3.63, 3.8) is 0 Å². The summed E-state index contributed by atoms with van der Waals surface area (Å²) in [5.74, 6) is -0.583. The Morgan fingerprint density at radius 1 is 1.26 bits per heavy atom. The van der Waals surface area contributed by atoms with Crippen molar-refractivity contribution >= 4 is 39.4 Å². The summed E-state index contributed by atoms with van der Waals surface area (Å²) in [6, 6.07) is 12.4. The van der Waals surface area contributed by atoms with Gasteiger partial charge < -0.3 is 31.5 Å². The largest absolute Gasteiger partial charge is 0.508 e. The van der Waals surface area contributed by atoms with Crippen LogP contribution in [0.5, 0.6) is 5.75 Å². The number of phenols is 1. The smallest absolute Gasteiger partial charge is 0.251 e. The van der Waals surface area contributed by atoms with Crippen molar-refractivity contribution in [3.05, 3.63) is 57.6 Å². The molecule has 2 aliphatic rings. The first-order valence-electron chi connectivity index (χ1n) is 12.6. The van der Waals surface area contributed by atoms with Crippen LogP contribution in [-0.2, 0) is 10.2 Å². The number of nitriles is 1. The normalized spacial score (nSPS) is 18.6. The molecule has 2 amide bonds. The summed E-state index contributed by atoms with van der Waals surface area (Å²) in [6.07, 6.45) is 2.75. The van der Waals surface area contributed by atoms with Gasteiger partial charge in [0, 0.05) is 28.3 Å². The Bertz CT molecular complexity index is 1290. The third kappa shape index (κ3) is 6.44. The van der Waals surface area contributed by atoms with Crippen LogP contribution in [-0.4, -0.2) is 53.7 Å². The highest BCUT2D eigenvalue weighted by Gasteiger charge is 2.39. The number of hydrogen-bond donors (Lipinski definition) is 6. The minimum absolute atomic E-state index is 0.126. The highest BCUT2D eigenvalue weighted by molar-refractivity contribution is 9.10. The van der Waals surface area contributed by atoms with Crippen molar-refractivity contribution in [2.24, 2.45) is 4.99 Å². The molecule has 10 nitrogen and oxygen atoms in total. The number of phenolic OH excluding ortho intramolecular Hbond substituents is 1. The summed E-state index contributed by atoms with van der Waals surface area (Å²) >= 11 is 3.55. The van der Waals surface area contributed by atoms with Gasteiger partial charge in [-0.05, 0) is 61.1 Å². The number of aromatic hydroxyl groups is 1. The highest BCUT2D eigenvalue weighted by Crippen LogP contribution is 2.44. The number of carbonyl (C=O) groups is 2. The quantitative estimate of drug-likeness (QED) is 0.279. The maximum absolute atomic E-state index is 12.7. The number of aliphatic hydroxyl groups is 1. The van der Waals surface area contributed by atoms with E-state index in [9.17, 15) is 25.1 Å². The average molecular weight is 583 g/mol. The van der Waals surface area contributed by atoms with Crippen molar-refractivity contribution in [3.8, 4) is 11.8 Å². The Hall–Kier alpha value is -3.62. The number of rotatable bonds is 8. The van der Waals surface area contributed by atoms with Gasteiger partial charge in [-0.1, -0.05) is 28.9 Å². The number of guanidine groups is 1. The molecule has 0 saturated heterocycles. The summed E-state index contributed by atoms with van der Waals surface area (Å²) in [7, 11) is 0. The lowest BCUT2D eigenvalue weighted by atomic mass is 9.65. The van der Waals surface area contributed by atoms with Crippen LogP contribution in [0.2, 0.25) is 0 Å². The first-order valence-corrected chi connectivity index (χ1v) is 13.4. The number of carbonyl (C=O) groups excluding carboxylic acids is 2. The van der Waals surface area contributed by atoms with E-state index in [4.69, 9.17) is 0 Å². The zero-order valence-corrected chi connectivity index (χ0v) is 22.6. The lowest BCUT2D eigenvalue weighted by Gasteiger charge is -2.36. The predicted molar refractivity (Wildman–Crippen MR) is 147 cm³/mol. The number of aliphatic hydroxyl groups excluding tert-OH is 1. The van der Waals surface area contributed by atoms with Gasteiger partial charge in [-0.3, -0.25) is 14.6 Å². The first-order chi connectivity index (χ1) is 18.2. The minimum atomic E-state index is -0.563. The third-order valence-corrected chi connectivity index (χ3v) is 7.31. The van der Waals surface area contributed by atoms with Crippen LogP contribution in [0.1, 0.15) is 60.1 Å². The van der Waals surface area contributed by atoms with Gasteiger partial charge in [0.2, 0.25) is 5.91 Å². The number of benzene rings is 2. The predicted octanol–water partition coefficient (Wildman–Crippen LogP) is 2.83. The molecule has 1 heterocycles. The average Bonchev–Trinajstić information content (AvgIpc) is 2.86. The Balaban J connectivity index is 1.37. The number of β-amino-alcohol motifs (C(OH)–C–C–N with tert-alkyl or cyclic N) is 1. The molecule has 1 saturated carbocycles. The zero-order chi connectivity index (χ0) is 27.3. The maximum Gasteiger partial charge on any atom is 0.251 e. The number of nitrogens with zero attached hydrogens (tertiary/aromatic N) is 2. The summed E-state index contributed by atoms with van der Waals surface area (Å²) in [4.78, 5) is 29.6. The van der Waals surface area contributed by atoms with Crippen molar-refractivity contribution in [1.29, 1.82) is 5.26 Å².